The monoisotopic (exact) mass is 515 g/mol. The summed E-state index contributed by atoms with van der Waals surface area (Å²) in [4.78, 5) is 26.5. The van der Waals surface area contributed by atoms with Crippen LogP contribution in [0.4, 0.5) is 0 Å². The van der Waals surface area contributed by atoms with E-state index in [-0.39, 0.29) is 28.3 Å². The molecule has 34 heavy (non-hydrogen) atoms. The number of aliphatic carboxylic acids is 2. The van der Waals surface area contributed by atoms with Gasteiger partial charge in [0.25, 0.3) is 0 Å². The minimum atomic E-state index is -1.08. The molecule has 0 saturated heterocycles. The van der Waals surface area contributed by atoms with Crippen LogP contribution in [0.15, 0.2) is 34.3 Å². The van der Waals surface area contributed by atoms with Crippen LogP contribution in [-0.2, 0) is 26.4 Å². The van der Waals surface area contributed by atoms with E-state index in [1.54, 1.807) is 12.4 Å². The SMILES string of the molecule is CC(=O)[O-].CC(=O)[O-].Cc1cc(C)c(O)c(C=NCCCN=Cc2cc(C)cc(C)c2O)c1.[Co+2]. The zero-order valence-corrected chi connectivity index (χ0v) is 21.4. The van der Waals surface area contributed by atoms with Gasteiger partial charge < -0.3 is 30.0 Å². The number of benzene rings is 2. The molecule has 0 aliphatic rings. The van der Waals surface area contributed by atoms with Gasteiger partial charge in [-0.3, -0.25) is 9.98 Å². The van der Waals surface area contributed by atoms with Crippen molar-refractivity contribution < 1.29 is 46.8 Å². The summed E-state index contributed by atoms with van der Waals surface area (Å²) in [5.41, 5.74) is 5.44. The Hall–Kier alpha value is -3.17. The van der Waals surface area contributed by atoms with Gasteiger partial charge in [-0.1, -0.05) is 12.1 Å². The Kier molecular flexibility index (Phi) is 16.8. The average Bonchev–Trinajstić information content (AvgIpc) is 2.67. The maximum atomic E-state index is 10.0. The van der Waals surface area contributed by atoms with Crippen LogP contribution in [0.2, 0.25) is 0 Å². The maximum Gasteiger partial charge on any atom is 2.00 e. The summed E-state index contributed by atoms with van der Waals surface area (Å²) in [5.74, 6) is -1.59. The molecule has 2 aromatic carbocycles. The van der Waals surface area contributed by atoms with Gasteiger partial charge in [0, 0.05) is 48.6 Å². The molecule has 0 atom stereocenters. The molecule has 0 heterocycles. The summed E-state index contributed by atoms with van der Waals surface area (Å²) in [6, 6.07) is 7.74. The fourth-order valence-corrected chi connectivity index (χ4v) is 2.76. The molecule has 0 amide bonds. The normalized spacial score (nSPS) is 10.1. The van der Waals surface area contributed by atoms with E-state index in [4.69, 9.17) is 19.8 Å². The summed E-state index contributed by atoms with van der Waals surface area (Å²) in [7, 11) is 0. The van der Waals surface area contributed by atoms with E-state index in [0.717, 1.165) is 53.6 Å². The summed E-state index contributed by atoms with van der Waals surface area (Å²) < 4.78 is 0. The standard InChI is InChI=1S/C21H26N2O2.2C2H4O2.Co/c1-14-8-16(3)20(24)18(10-14)12-22-6-5-7-23-13-19-11-15(2)9-17(4)21(19)25;2*1-2(3)4;/h8-13,24-25H,5-7H2,1-4H3;2*1H3,(H,3,4);/q;;;+2/p-2. The molecule has 0 saturated carbocycles. The van der Waals surface area contributed by atoms with Crippen molar-refractivity contribution in [2.45, 2.75) is 48.0 Å². The van der Waals surface area contributed by atoms with Gasteiger partial charge in [-0.05, 0) is 82.3 Å². The summed E-state index contributed by atoms with van der Waals surface area (Å²) in [6.07, 6.45) is 4.24. The van der Waals surface area contributed by atoms with Crippen molar-refractivity contribution in [2.75, 3.05) is 13.1 Å². The van der Waals surface area contributed by atoms with Gasteiger partial charge in [0.05, 0.1) is 0 Å². The van der Waals surface area contributed by atoms with Crippen LogP contribution in [-0.4, -0.2) is 47.7 Å². The molecule has 0 bridgehead atoms. The van der Waals surface area contributed by atoms with Crippen molar-refractivity contribution in [1.82, 2.24) is 0 Å². The van der Waals surface area contributed by atoms with Crippen LogP contribution < -0.4 is 10.2 Å². The third kappa shape index (κ3) is 14.8. The Morgan fingerprint density at radius 2 is 1.06 bits per heavy atom. The number of hydrogen-bond donors (Lipinski definition) is 2. The molecule has 0 aliphatic carbocycles. The van der Waals surface area contributed by atoms with Crippen LogP contribution in [0.25, 0.3) is 0 Å². The largest absolute Gasteiger partial charge is 2.00 e. The van der Waals surface area contributed by atoms with E-state index in [1.807, 2.05) is 52.0 Å². The molecular formula is C25H32CoN2O6. The van der Waals surface area contributed by atoms with Crippen molar-refractivity contribution in [3.63, 3.8) is 0 Å². The van der Waals surface area contributed by atoms with Gasteiger partial charge in [-0.2, -0.15) is 0 Å². The predicted molar refractivity (Wildman–Crippen MR) is 126 cm³/mol. The maximum absolute atomic E-state index is 10.0. The van der Waals surface area contributed by atoms with Gasteiger partial charge in [0.1, 0.15) is 11.5 Å². The van der Waals surface area contributed by atoms with Crippen LogP contribution in [0.1, 0.15) is 53.6 Å². The Labute approximate surface area is 211 Å². The molecule has 8 nitrogen and oxygen atoms in total. The number of carboxylic acid groups (broad SMARTS) is 2. The first kappa shape index (κ1) is 33.0. The van der Waals surface area contributed by atoms with Gasteiger partial charge in [0.2, 0.25) is 0 Å². The number of nitrogens with zero attached hydrogens (tertiary/aromatic N) is 2. The summed E-state index contributed by atoms with van der Waals surface area (Å²) >= 11 is 0. The van der Waals surface area contributed by atoms with Crippen LogP contribution in [0.5, 0.6) is 11.5 Å². The number of aryl methyl sites for hydroxylation is 4. The summed E-state index contributed by atoms with van der Waals surface area (Å²) in [5, 5.41) is 37.8. The van der Waals surface area contributed by atoms with Gasteiger partial charge >= 0.3 is 16.8 Å². The minimum absolute atomic E-state index is 0. The van der Waals surface area contributed by atoms with Crippen molar-refractivity contribution in [3.05, 3.63) is 57.6 Å². The van der Waals surface area contributed by atoms with Crippen LogP contribution in [0, 0.1) is 27.7 Å². The number of hydrogen-bond acceptors (Lipinski definition) is 8. The van der Waals surface area contributed by atoms with E-state index in [9.17, 15) is 10.2 Å². The first-order chi connectivity index (χ1) is 15.3. The zero-order chi connectivity index (χ0) is 25.6. The third-order valence-corrected chi connectivity index (χ3v) is 3.98. The van der Waals surface area contributed by atoms with Crippen LogP contribution >= 0.6 is 0 Å². The Morgan fingerprint density at radius 3 is 1.35 bits per heavy atom. The number of rotatable bonds is 6. The molecule has 0 fully saturated rings. The molecule has 2 N–H and O–H groups in total. The van der Waals surface area contributed by atoms with Gasteiger partial charge in [-0.25, -0.2) is 0 Å². The van der Waals surface area contributed by atoms with Crippen molar-refractivity contribution in [2.24, 2.45) is 9.98 Å². The number of phenols is 2. The topological polar surface area (TPSA) is 145 Å². The average molecular weight is 515 g/mol. The fraction of sp³-hybridized carbons (Fsp3) is 0.360. The molecule has 187 valence electrons. The molecule has 2 aromatic rings. The van der Waals surface area contributed by atoms with Crippen molar-refractivity contribution in [3.8, 4) is 11.5 Å². The molecule has 9 heteroatoms. The van der Waals surface area contributed by atoms with E-state index in [2.05, 4.69) is 9.98 Å². The minimum Gasteiger partial charge on any atom is -0.550 e. The fourth-order valence-electron chi connectivity index (χ4n) is 2.76. The second-order valence-corrected chi connectivity index (χ2v) is 7.45. The molecule has 2 rings (SSSR count). The molecular weight excluding hydrogens is 483 g/mol. The van der Waals surface area contributed by atoms with E-state index >= 15 is 0 Å². The molecule has 1 radical (unpaired) electrons. The Morgan fingerprint density at radius 1 is 0.765 bits per heavy atom. The second-order valence-electron chi connectivity index (χ2n) is 7.45. The first-order valence-electron chi connectivity index (χ1n) is 10.3. The number of carboxylic acids is 2. The molecule has 0 aromatic heterocycles. The van der Waals surface area contributed by atoms with E-state index in [0.29, 0.717) is 13.1 Å². The summed E-state index contributed by atoms with van der Waals surface area (Å²) in [6.45, 7) is 11.0. The van der Waals surface area contributed by atoms with Gasteiger partial charge in [0.15, 0.2) is 0 Å². The molecule has 0 aliphatic heterocycles. The first-order valence-corrected chi connectivity index (χ1v) is 10.3. The number of phenolic OH excluding ortho intramolecular Hbond substituents is 2. The van der Waals surface area contributed by atoms with Gasteiger partial charge in [-0.15, -0.1) is 0 Å². The second kappa shape index (κ2) is 17.3. The smallest absolute Gasteiger partial charge is 0.550 e. The number of aliphatic imine (C=N–C) groups is 2. The van der Waals surface area contributed by atoms with E-state index in [1.165, 1.54) is 0 Å². The third-order valence-electron chi connectivity index (χ3n) is 3.98. The molecule has 0 spiro atoms. The number of carbonyl (C=O) groups is 2. The number of aromatic hydroxyl groups is 2. The Bertz CT molecular complexity index is 916. The number of carbonyl (C=O) groups excluding carboxylic acids is 2. The molecule has 0 unspecified atom stereocenters. The van der Waals surface area contributed by atoms with Crippen LogP contribution in [0.3, 0.4) is 0 Å². The quantitative estimate of drug-likeness (QED) is 0.443. The van der Waals surface area contributed by atoms with E-state index < -0.39 is 11.9 Å². The van der Waals surface area contributed by atoms with Crippen molar-refractivity contribution >= 4 is 24.4 Å². The Balaban J connectivity index is 0. The van der Waals surface area contributed by atoms with Crippen molar-refractivity contribution in [1.29, 1.82) is 0 Å². The zero-order valence-electron chi connectivity index (χ0n) is 20.3. The predicted octanol–water partition coefficient (Wildman–Crippen LogP) is 1.77.